The number of hydrogen-bond acceptors (Lipinski definition) is 4. The van der Waals surface area contributed by atoms with Gasteiger partial charge in [-0.1, -0.05) is 12.1 Å². The first kappa shape index (κ1) is 14.5. The van der Waals surface area contributed by atoms with Gasteiger partial charge in [0, 0.05) is 12.6 Å². The minimum absolute atomic E-state index is 0.265. The number of rotatable bonds is 5. The van der Waals surface area contributed by atoms with E-state index in [1.54, 1.807) is 6.07 Å². The summed E-state index contributed by atoms with van der Waals surface area (Å²) in [6, 6.07) is 10.0. The zero-order chi connectivity index (χ0) is 14.4. The van der Waals surface area contributed by atoms with Gasteiger partial charge in [0.25, 0.3) is 0 Å². The molecular formula is C15H20N4O. The lowest BCUT2D eigenvalue weighted by Crippen LogP contribution is -2.46. The molecule has 0 saturated carbocycles. The number of benzene rings is 1. The van der Waals surface area contributed by atoms with E-state index in [0.717, 1.165) is 31.5 Å². The second-order valence-corrected chi connectivity index (χ2v) is 5.16. The predicted octanol–water partition coefficient (Wildman–Crippen LogP) is 0.598. The Kier molecular flexibility index (Phi) is 5.10. The minimum atomic E-state index is -0.306. The van der Waals surface area contributed by atoms with Crippen LogP contribution in [0.3, 0.4) is 0 Å². The van der Waals surface area contributed by atoms with Crippen molar-refractivity contribution in [2.45, 2.75) is 25.4 Å². The van der Waals surface area contributed by atoms with Crippen LogP contribution in [0.5, 0.6) is 0 Å². The molecule has 0 aliphatic carbocycles. The molecule has 20 heavy (non-hydrogen) atoms. The molecular weight excluding hydrogens is 252 g/mol. The summed E-state index contributed by atoms with van der Waals surface area (Å²) in [5, 5.41) is 12.3. The normalized spacial score (nSPS) is 16.0. The molecule has 1 aromatic carbocycles. The van der Waals surface area contributed by atoms with Crippen molar-refractivity contribution in [2.24, 2.45) is 5.73 Å². The number of carbonyl (C=O) groups is 1. The Morgan fingerprint density at radius 3 is 2.85 bits per heavy atom. The van der Waals surface area contributed by atoms with Gasteiger partial charge in [0.2, 0.25) is 5.91 Å². The molecule has 106 valence electrons. The molecule has 3 N–H and O–H groups in total. The van der Waals surface area contributed by atoms with Crippen molar-refractivity contribution in [3.05, 3.63) is 35.4 Å². The first-order chi connectivity index (χ1) is 9.69. The van der Waals surface area contributed by atoms with Crippen LogP contribution in [0.1, 0.15) is 24.0 Å². The molecule has 0 spiro atoms. The fourth-order valence-corrected chi connectivity index (χ4v) is 2.66. The molecule has 5 heteroatoms. The number of nitrogens with zero attached hydrogens (tertiary/aromatic N) is 2. The van der Waals surface area contributed by atoms with Gasteiger partial charge in [0.05, 0.1) is 18.2 Å². The van der Waals surface area contributed by atoms with E-state index >= 15 is 0 Å². The van der Waals surface area contributed by atoms with Crippen LogP contribution in [0.15, 0.2) is 24.3 Å². The van der Waals surface area contributed by atoms with E-state index in [0.29, 0.717) is 18.2 Å². The smallest absolute Gasteiger partial charge is 0.231 e. The molecule has 0 unspecified atom stereocenters. The quantitative estimate of drug-likeness (QED) is 0.822. The van der Waals surface area contributed by atoms with Crippen LogP contribution in [0, 0.1) is 11.3 Å². The van der Waals surface area contributed by atoms with Crippen LogP contribution in [0.4, 0.5) is 0 Å². The van der Waals surface area contributed by atoms with Gasteiger partial charge < -0.3 is 11.1 Å². The van der Waals surface area contributed by atoms with Gasteiger partial charge in [-0.3, -0.25) is 9.69 Å². The largest absolute Gasteiger partial charge is 0.369 e. The number of carbonyl (C=O) groups excluding carboxylic acids is 1. The first-order valence-corrected chi connectivity index (χ1v) is 6.91. The van der Waals surface area contributed by atoms with Crippen molar-refractivity contribution in [3.8, 4) is 6.07 Å². The highest BCUT2D eigenvalue weighted by atomic mass is 16.1. The standard InChI is InChI=1S/C15H20N4O/c16-9-12-2-1-3-13(8-12)10-19(11-15(17)20)14-4-6-18-7-5-14/h1-3,8,14,18H,4-7,10-11H2,(H2,17,20). The molecule has 1 amide bonds. The monoisotopic (exact) mass is 272 g/mol. The number of nitrogens with two attached hydrogens (primary N) is 1. The van der Waals surface area contributed by atoms with E-state index in [1.165, 1.54) is 0 Å². The maximum atomic E-state index is 11.3. The number of amides is 1. The molecule has 0 aromatic heterocycles. The summed E-state index contributed by atoms with van der Waals surface area (Å²) >= 11 is 0. The number of nitrogens with one attached hydrogen (secondary N) is 1. The molecule has 1 aliphatic heterocycles. The summed E-state index contributed by atoms with van der Waals surface area (Å²) in [5.74, 6) is -0.306. The lowest BCUT2D eigenvalue weighted by Gasteiger charge is -2.33. The van der Waals surface area contributed by atoms with Crippen LogP contribution in [0.2, 0.25) is 0 Å². The molecule has 5 nitrogen and oxygen atoms in total. The second-order valence-electron chi connectivity index (χ2n) is 5.16. The summed E-state index contributed by atoms with van der Waals surface area (Å²) in [5.41, 5.74) is 7.05. The van der Waals surface area contributed by atoms with E-state index in [9.17, 15) is 4.79 Å². The molecule has 1 heterocycles. The third kappa shape index (κ3) is 4.05. The molecule has 0 radical (unpaired) electrons. The van der Waals surface area contributed by atoms with E-state index in [2.05, 4.69) is 16.3 Å². The van der Waals surface area contributed by atoms with E-state index < -0.39 is 0 Å². The lowest BCUT2D eigenvalue weighted by atomic mass is 10.0. The van der Waals surface area contributed by atoms with Crippen molar-refractivity contribution in [1.82, 2.24) is 10.2 Å². The number of primary amides is 1. The minimum Gasteiger partial charge on any atom is -0.369 e. The maximum absolute atomic E-state index is 11.3. The molecule has 1 fully saturated rings. The Hall–Kier alpha value is -1.90. The van der Waals surface area contributed by atoms with E-state index in [4.69, 9.17) is 11.0 Å². The maximum Gasteiger partial charge on any atom is 0.231 e. The Morgan fingerprint density at radius 1 is 1.45 bits per heavy atom. The van der Waals surface area contributed by atoms with Crippen LogP contribution in [0.25, 0.3) is 0 Å². The predicted molar refractivity (Wildman–Crippen MR) is 76.7 cm³/mol. The summed E-state index contributed by atoms with van der Waals surface area (Å²) in [6.45, 7) is 2.86. The Bertz CT molecular complexity index is 503. The van der Waals surface area contributed by atoms with Crippen LogP contribution < -0.4 is 11.1 Å². The highest BCUT2D eigenvalue weighted by molar-refractivity contribution is 5.76. The van der Waals surface area contributed by atoms with Crippen LogP contribution in [-0.4, -0.2) is 36.5 Å². The number of piperidine rings is 1. The third-order valence-corrected chi connectivity index (χ3v) is 3.63. The summed E-state index contributed by atoms with van der Waals surface area (Å²) in [4.78, 5) is 13.4. The van der Waals surface area contributed by atoms with Gasteiger partial charge in [-0.05, 0) is 43.6 Å². The zero-order valence-corrected chi connectivity index (χ0v) is 11.5. The molecule has 0 bridgehead atoms. The average Bonchev–Trinajstić information content (AvgIpc) is 2.47. The fourth-order valence-electron chi connectivity index (χ4n) is 2.66. The third-order valence-electron chi connectivity index (χ3n) is 3.63. The van der Waals surface area contributed by atoms with Crippen molar-refractivity contribution >= 4 is 5.91 Å². The fraction of sp³-hybridized carbons (Fsp3) is 0.467. The molecule has 1 aromatic rings. The topological polar surface area (TPSA) is 82.2 Å². The van der Waals surface area contributed by atoms with E-state index in [-0.39, 0.29) is 12.5 Å². The average molecular weight is 272 g/mol. The van der Waals surface area contributed by atoms with Crippen molar-refractivity contribution in [3.63, 3.8) is 0 Å². The van der Waals surface area contributed by atoms with Gasteiger partial charge in [0.1, 0.15) is 0 Å². The zero-order valence-electron chi connectivity index (χ0n) is 11.5. The number of hydrogen-bond donors (Lipinski definition) is 2. The lowest BCUT2D eigenvalue weighted by molar-refractivity contribution is -0.120. The molecule has 1 saturated heterocycles. The molecule has 1 aliphatic rings. The van der Waals surface area contributed by atoms with E-state index in [1.807, 2.05) is 18.2 Å². The first-order valence-electron chi connectivity index (χ1n) is 6.91. The van der Waals surface area contributed by atoms with Gasteiger partial charge in [-0.2, -0.15) is 5.26 Å². The Morgan fingerprint density at radius 2 is 2.20 bits per heavy atom. The number of nitriles is 1. The summed E-state index contributed by atoms with van der Waals surface area (Å²) in [7, 11) is 0. The van der Waals surface area contributed by atoms with Gasteiger partial charge >= 0.3 is 0 Å². The Balaban J connectivity index is 2.09. The highest BCUT2D eigenvalue weighted by Gasteiger charge is 2.22. The summed E-state index contributed by atoms with van der Waals surface area (Å²) < 4.78 is 0. The summed E-state index contributed by atoms with van der Waals surface area (Å²) in [6.07, 6.45) is 2.04. The SMILES string of the molecule is N#Cc1cccc(CN(CC(N)=O)C2CCNCC2)c1. The van der Waals surface area contributed by atoms with Crippen LogP contribution >= 0.6 is 0 Å². The molecule has 0 atom stereocenters. The van der Waals surface area contributed by atoms with Gasteiger partial charge in [-0.25, -0.2) is 0 Å². The van der Waals surface area contributed by atoms with Crippen molar-refractivity contribution < 1.29 is 4.79 Å². The van der Waals surface area contributed by atoms with Crippen LogP contribution in [-0.2, 0) is 11.3 Å². The highest BCUT2D eigenvalue weighted by Crippen LogP contribution is 2.16. The molecule has 2 rings (SSSR count). The van der Waals surface area contributed by atoms with Gasteiger partial charge in [-0.15, -0.1) is 0 Å². The van der Waals surface area contributed by atoms with Gasteiger partial charge in [0.15, 0.2) is 0 Å². The van der Waals surface area contributed by atoms with Crippen molar-refractivity contribution in [1.29, 1.82) is 5.26 Å². The van der Waals surface area contributed by atoms with Crippen molar-refractivity contribution in [2.75, 3.05) is 19.6 Å². The second kappa shape index (κ2) is 7.04. The Labute approximate surface area is 119 Å².